The molecule has 0 aliphatic heterocycles. The van der Waals surface area contributed by atoms with Gasteiger partial charge in [0.1, 0.15) is 0 Å². The van der Waals surface area contributed by atoms with Gasteiger partial charge in [-0.1, -0.05) is 38.8 Å². The van der Waals surface area contributed by atoms with Crippen LogP contribution in [0.1, 0.15) is 38.7 Å². The number of anilines is 1. The molecular formula is C15H24N2O2S. The fourth-order valence-corrected chi connectivity index (χ4v) is 4.42. The van der Waals surface area contributed by atoms with Crippen molar-refractivity contribution in [3.8, 4) is 0 Å². The van der Waals surface area contributed by atoms with Gasteiger partial charge in [-0.25, -0.2) is 13.1 Å². The van der Waals surface area contributed by atoms with E-state index in [9.17, 15) is 8.42 Å². The molecule has 0 spiro atoms. The molecule has 2 rings (SSSR count). The van der Waals surface area contributed by atoms with Crippen LogP contribution in [0.15, 0.2) is 24.3 Å². The summed E-state index contributed by atoms with van der Waals surface area (Å²) >= 11 is 0. The average Bonchev–Trinajstić information content (AvgIpc) is 2.34. The van der Waals surface area contributed by atoms with Gasteiger partial charge < -0.3 is 5.73 Å². The first-order valence-corrected chi connectivity index (χ1v) is 8.87. The molecule has 3 unspecified atom stereocenters. The van der Waals surface area contributed by atoms with E-state index in [0.717, 1.165) is 18.4 Å². The standard InChI is InChI=1S/C15H24N2O2S/c1-11-5-3-8-15(12(11)2)17-20(18,19)10-13-6-4-7-14(16)9-13/h4,6-7,9,11-12,15,17H,3,5,8,10,16H2,1-2H3. The van der Waals surface area contributed by atoms with E-state index in [-0.39, 0.29) is 11.8 Å². The monoisotopic (exact) mass is 296 g/mol. The zero-order valence-electron chi connectivity index (χ0n) is 12.2. The van der Waals surface area contributed by atoms with E-state index >= 15 is 0 Å². The van der Waals surface area contributed by atoms with Crippen LogP contribution in [0.4, 0.5) is 5.69 Å². The van der Waals surface area contributed by atoms with E-state index in [4.69, 9.17) is 5.73 Å². The second-order valence-corrected chi connectivity index (χ2v) is 7.75. The van der Waals surface area contributed by atoms with Crippen molar-refractivity contribution in [2.45, 2.75) is 44.9 Å². The van der Waals surface area contributed by atoms with Crippen molar-refractivity contribution in [2.24, 2.45) is 11.8 Å². The second-order valence-electron chi connectivity index (χ2n) is 6.00. The Morgan fingerprint density at radius 3 is 2.75 bits per heavy atom. The smallest absolute Gasteiger partial charge is 0.216 e. The maximum atomic E-state index is 12.3. The Kier molecular flexibility index (Phi) is 4.70. The molecule has 112 valence electrons. The maximum Gasteiger partial charge on any atom is 0.216 e. The maximum absolute atomic E-state index is 12.3. The van der Waals surface area contributed by atoms with Crippen molar-refractivity contribution < 1.29 is 8.42 Å². The Hall–Kier alpha value is -1.07. The van der Waals surface area contributed by atoms with Crippen molar-refractivity contribution in [3.63, 3.8) is 0 Å². The molecule has 0 heterocycles. The number of benzene rings is 1. The van der Waals surface area contributed by atoms with E-state index in [1.807, 2.05) is 0 Å². The highest BCUT2D eigenvalue weighted by atomic mass is 32.2. The second kappa shape index (κ2) is 6.14. The predicted molar refractivity (Wildman–Crippen MR) is 82.6 cm³/mol. The minimum Gasteiger partial charge on any atom is -0.399 e. The summed E-state index contributed by atoms with van der Waals surface area (Å²) in [5.41, 5.74) is 7.01. The number of sulfonamides is 1. The Morgan fingerprint density at radius 1 is 1.30 bits per heavy atom. The zero-order chi connectivity index (χ0) is 14.8. The first-order chi connectivity index (χ1) is 9.37. The van der Waals surface area contributed by atoms with Crippen LogP contribution in [0.25, 0.3) is 0 Å². The molecule has 1 aromatic rings. The SMILES string of the molecule is CC1CCCC(NS(=O)(=O)Cc2cccc(N)c2)C1C. The molecular weight excluding hydrogens is 272 g/mol. The van der Waals surface area contributed by atoms with Crippen molar-refractivity contribution >= 4 is 15.7 Å². The summed E-state index contributed by atoms with van der Waals surface area (Å²) in [4.78, 5) is 0. The highest BCUT2D eigenvalue weighted by molar-refractivity contribution is 7.88. The van der Waals surface area contributed by atoms with Gasteiger partial charge in [0.15, 0.2) is 0 Å². The summed E-state index contributed by atoms with van der Waals surface area (Å²) in [5, 5.41) is 0. The van der Waals surface area contributed by atoms with Crippen LogP contribution in [0.2, 0.25) is 0 Å². The van der Waals surface area contributed by atoms with Gasteiger partial charge in [0, 0.05) is 11.7 Å². The van der Waals surface area contributed by atoms with Gasteiger partial charge in [-0.05, 0) is 36.0 Å². The van der Waals surface area contributed by atoms with E-state index in [1.54, 1.807) is 24.3 Å². The van der Waals surface area contributed by atoms with Crippen LogP contribution in [0.3, 0.4) is 0 Å². The molecule has 0 saturated heterocycles. The van der Waals surface area contributed by atoms with Crippen LogP contribution < -0.4 is 10.5 Å². The van der Waals surface area contributed by atoms with Gasteiger partial charge in [-0.15, -0.1) is 0 Å². The van der Waals surface area contributed by atoms with Crippen LogP contribution >= 0.6 is 0 Å². The number of hydrogen-bond donors (Lipinski definition) is 2. The van der Waals surface area contributed by atoms with Crippen molar-refractivity contribution in [2.75, 3.05) is 5.73 Å². The van der Waals surface area contributed by atoms with Gasteiger partial charge >= 0.3 is 0 Å². The normalized spacial score (nSPS) is 27.4. The summed E-state index contributed by atoms with van der Waals surface area (Å²) < 4.78 is 27.4. The summed E-state index contributed by atoms with van der Waals surface area (Å²) in [6.45, 7) is 4.33. The number of rotatable bonds is 4. The Bertz CT molecular complexity index is 557. The van der Waals surface area contributed by atoms with Crippen LogP contribution in [0, 0.1) is 11.8 Å². The number of nitrogen functional groups attached to an aromatic ring is 1. The lowest BCUT2D eigenvalue weighted by molar-refractivity contribution is 0.227. The van der Waals surface area contributed by atoms with Gasteiger partial charge in [-0.2, -0.15) is 0 Å². The van der Waals surface area contributed by atoms with Crippen molar-refractivity contribution in [3.05, 3.63) is 29.8 Å². The first kappa shape index (κ1) is 15.3. The highest BCUT2D eigenvalue weighted by Crippen LogP contribution is 2.30. The molecule has 1 aromatic carbocycles. The minimum absolute atomic E-state index is 0.00432. The minimum atomic E-state index is -3.31. The lowest BCUT2D eigenvalue weighted by Crippen LogP contribution is -2.44. The molecule has 1 aliphatic carbocycles. The topological polar surface area (TPSA) is 72.2 Å². The fourth-order valence-electron chi connectivity index (χ4n) is 2.92. The molecule has 1 fully saturated rings. The molecule has 0 bridgehead atoms. The molecule has 1 aliphatic rings. The van der Waals surface area contributed by atoms with E-state index in [0.29, 0.717) is 17.5 Å². The third kappa shape index (κ3) is 3.96. The summed E-state index contributed by atoms with van der Waals surface area (Å²) in [5.74, 6) is 0.957. The van der Waals surface area contributed by atoms with Crippen LogP contribution in [-0.2, 0) is 15.8 Å². The first-order valence-electron chi connectivity index (χ1n) is 7.22. The molecule has 20 heavy (non-hydrogen) atoms. The zero-order valence-corrected chi connectivity index (χ0v) is 13.0. The number of nitrogens with one attached hydrogen (secondary N) is 1. The van der Waals surface area contributed by atoms with Crippen molar-refractivity contribution in [1.82, 2.24) is 4.72 Å². The quantitative estimate of drug-likeness (QED) is 0.839. The van der Waals surface area contributed by atoms with Crippen molar-refractivity contribution in [1.29, 1.82) is 0 Å². The van der Waals surface area contributed by atoms with Gasteiger partial charge in [-0.3, -0.25) is 0 Å². The number of nitrogens with two attached hydrogens (primary N) is 1. The molecule has 5 heteroatoms. The van der Waals surface area contributed by atoms with Crippen LogP contribution in [0.5, 0.6) is 0 Å². The van der Waals surface area contributed by atoms with Gasteiger partial charge in [0.2, 0.25) is 10.0 Å². The Balaban J connectivity index is 2.04. The molecule has 4 nitrogen and oxygen atoms in total. The molecule has 0 radical (unpaired) electrons. The lowest BCUT2D eigenvalue weighted by atomic mass is 9.78. The Labute approximate surface area is 121 Å². The Morgan fingerprint density at radius 2 is 2.05 bits per heavy atom. The number of hydrogen-bond acceptors (Lipinski definition) is 3. The summed E-state index contributed by atoms with van der Waals surface area (Å²) in [6.07, 6.45) is 3.22. The largest absolute Gasteiger partial charge is 0.399 e. The third-order valence-corrected chi connectivity index (χ3v) is 5.72. The fraction of sp³-hybridized carbons (Fsp3) is 0.600. The lowest BCUT2D eigenvalue weighted by Gasteiger charge is -2.34. The molecule has 3 N–H and O–H groups in total. The predicted octanol–water partition coefficient (Wildman–Crippen LogP) is 2.51. The average molecular weight is 296 g/mol. The van der Waals surface area contributed by atoms with Crippen LogP contribution in [-0.4, -0.2) is 14.5 Å². The van der Waals surface area contributed by atoms with E-state index < -0.39 is 10.0 Å². The summed E-state index contributed by atoms with van der Waals surface area (Å²) in [6, 6.07) is 7.11. The summed E-state index contributed by atoms with van der Waals surface area (Å²) in [7, 11) is -3.31. The van der Waals surface area contributed by atoms with Gasteiger partial charge in [0.05, 0.1) is 5.75 Å². The van der Waals surface area contributed by atoms with Gasteiger partial charge in [0.25, 0.3) is 0 Å². The molecule has 1 saturated carbocycles. The highest BCUT2D eigenvalue weighted by Gasteiger charge is 2.30. The van der Waals surface area contributed by atoms with E-state index in [1.165, 1.54) is 6.42 Å². The van der Waals surface area contributed by atoms with E-state index in [2.05, 4.69) is 18.6 Å². The molecule has 0 aromatic heterocycles. The third-order valence-electron chi connectivity index (χ3n) is 4.35. The molecule has 0 amide bonds. The molecule has 3 atom stereocenters.